The fourth-order valence-corrected chi connectivity index (χ4v) is 3.19. The van der Waals surface area contributed by atoms with Gasteiger partial charge in [-0.25, -0.2) is 4.98 Å². The van der Waals surface area contributed by atoms with Gasteiger partial charge in [0.05, 0.1) is 20.0 Å². The highest BCUT2D eigenvalue weighted by Crippen LogP contribution is 2.33. The summed E-state index contributed by atoms with van der Waals surface area (Å²) in [6, 6.07) is 9.93. The largest absolute Gasteiger partial charge is 0.467 e. The minimum Gasteiger partial charge on any atom is -0.467 e. The molecular formula is C18H21N5O5. The zero-order valence-corrected chi connectivity index (χ0v) is 15.1. The molecule has 1 aromatic carbocycles. The lowest BCUT2D eigenvalue weighted by Gasteiger charge is -2.17. The van der Waals surface area contributed by atoms with Gasteiger partial charge in [0, 0.05) is 6.54 Å². The van der Waals surface area contributed by atoms with E-state index in [1.54, 1.807) is 0 Å². The Balaban J connectivity index is 1.69. The van der Waals surface area contributed by atoms with Crippen molar-refractivity contribution in [3.05, 3.63) is 42.2 Å². The highest BCUT2D eigenvalue weighted by molar-refractivity contribution is 5.83. The van der Waals surface area contributed by atoms with Gasteiger partial charge in [-0.2, -0.15) is 9.97 Å². The highest BCUT2D eigenvalue weighted by atomic mass is 16.6. The van der Waals surface area contributed by atoms with Crippen molar-refractivity contribution in [1.29, 1.82) is 0 Å². The summed E-state index contributed by atoms with van der Waals surface area (Å²) in [7, 11) is 1.45. The first kappa shape index (κ1) is 18.6. The number of nitrogens with zero attached hydrogens (tertiary/aromatic N) is 4. The van der Waals surface area contributed by atoms with Gasteiger partial charge in [0.1, 0.15) is 18.3 Å². The fraction of sp³-hybridized carbons (Fsp3) is 0.389. The average molecular weight is 387 g/mol. The van der Waals surface area contributed by atoms with E-state index in [4.69, 9.17) is 9.47 Å². The molecule has 28 heavy (non-hydrogen) atoms. The lowest BCUT2D eigenvalue weighted by molar-refractivity contribution is -0.0511. The van der Waals surface area contributed by atoms with Crippen LogP contribution in [0.1, 0.15) is 11.8 Å². The summed E-state index contributed by atoms with van der Waals surface area (Å²) in [4.78, 5) is 13.0. The predicted octanol–water partition coefficient (Wildman–Crippen LogP) is 0.0585. The van der Waals surface area contributed by atoms with Crippen molar-refractivity contribution in [1.82, 2.24) is 19.5 Å². The Morgan fingerprint density at radius 2 is 1.96 bits per heavy atom. The normalized spacial score (nSPS) is 24.6. The minimum absolute atomic E-state index is 0.122. The molecular weight excluding hydrogens is 366 g/mol. The molecule has 0 aliphatic carbocycles. The Kier molecular flexibility index (Phi) is 5.09. The van der Waals surface area contributed by atoms with Gasteiger partial charge >= 0.3 is 6.01 Å². The molecule has 0 radical (unpaired) electrons. The molecule has 1 saturated heterocycles. The number of fused-ring (bicyclic) bond motifs is 1. The van der Waals surface area contributed by atoms with Crippen LogP contribution in [0.15, 0.2) is 36.7 Å². The van der Waals surface area contributed by atoms with E-state index in [1.807, 2.05) is 30.3 Å². The van der Waals surface area contributed by atoms with Crippen LogP contribution in [0.2, 0.25) is 0 Å². The third-order valence-electron chi connectivity index (χ3n) is 4.68. The topological polar surface area (TPSA) is 135 Å². The van der Waals surface area contributed by atoms with Crippen molar-refractivity contribution >= 4 is 17.0 Å². The summed E-state index contributed by atoms with van der Waals surface area (Å²) in [5.74, 6) is 0.469. The van der Waals surface area contributed by atoms with E-state index in [0.29, 0.717) is 23.5 Å². The number of aromatic nitrogens is 4. The zero-order valence-electron chi connectivity index (χ0n) is 15.1. The number of benzene rings is 1. The monoisotopic (exact) mass is 387 g/mol. The number of imidazole rings is 1. The van der Waals surface area contributed by atoms with Gasteiger partial charge in [0.2, 0.25) is 0 Å². The zero-order chi connectivity index (χ0) is 19.7. The van der Waals surface area contributed by atoms with Crippen LogP contribution in [0.4, 0.5) is 5.82 Å². The van der Waals surface area contributed by atoms with Gasteiger partial charge in [-0.05, 0) is 5.56 Å². The first-order chi connectivity index (χ1) is 13.6. The maximum atomic E-state index is 10.3. The molecule has 4 N–H and O–H groups in total. The minimum atomic E-state index is -1.24. The molecule has 2 aromatic heterocycles. The maximum absolute atomic E-state index is 10.3. The van der Waals surface area contributed by atoms with Gasteiger partial charge in [-0.15, -0.1) is 0 Å². The van der Waals surface area contributed by atoms with Crippen LogP contribution in [0.5, 0.6) is 6.01 Å². The van der Waals surface area contributed by atoms with E-state index in [-0.39, 0.29) is 6.01 Å². The SMILES string of the molecule is COc1nc(NCc2ccccc2)c2ncn(C3O[C@H](CO)C(O)[C@@H]3O)c2n1. The molecule has 10 heteroatoms. The number of aliphatic hydroxyl groups excluding tert-OH is 3. The fourth-order valence-electron chi connectivity index (χ4n) is 3.19. The number of anilines is 1. The van der Waals surface area contributed by atoms with Crippen molar-refractivity contribution in [2.24, 2.45) is 0 Å². The molecule has 4 rings (SSSR count). The first-order valence-corrected chi connectivity index (χ1v) is 8.81. The summed E-state index contributed by atoms with van der Waals surface area (Å²) in [5, 5.41) is 32.9. The molecule has 0 spiro atoms. The van der Waals surface area contributed by atoms with E-state index in [1.165, 1.54) is 18.0 Å². The Hall–Kier alpha value is -2.79. The van der Waals surface area contributed by atoms with E-state index in [9.17, 15) is 15.3 Å². The number of rotatable bonds is 6. The molecule has 10 nitrogen and oxygen atoms in total. The average Bonchev–Trinajstić information content (AvgIpc) is 3.28. The summed E-state index contributed by atoms with van der Waals surface area (Å²) in [6.45, 7) is 0.111. The quantitative estimate of drug-likeness (QED) is 0.463. The molecule has 148 valence electrons. The summed E-state index contributed by atoms with van der Waals surface area (Å²) in [6.07, 6.45) is -2.84. The lowest BCUT2D eigenvalue weighted by Crippen LogP contribution is -2.33. The van der Waals surface area contributed by atoms with Crippen molar-refractivity contribution < 1.29 is 24.8 Å². The van der Waals surface area contributed by atoms with Gasteiger partial charge in [0.25, 0.3) is 0 Å². The van der Waals surface area contributed by atoms with E-state index < -0.39 is 31.1 Å². The molecule has 0 saturated carbocycles. The van der Waals surface area contributed by atoms with Crippen LogP contribution in [-0.2, 0) is 11.3 Å². The molecule has 3 aromatic rings. The molecule has 0 bridgehead atoms. The van der Waals surface area contributed by atoms with Crippen LogP contribution in [-0.4, -0.2) is 66.9 Å². The summed E-state index contributed by atoms with van der Waals surface area (Å²) in [5.41, 5.74) is 1.91. The van der Waals surface area contributed by atoms with Gasteiger partial charge in [-0.3, -0.25) is 4.57 Å². The first-order valence-electron chi connectivity index (χ1n) is 8.81. The molecule has 1 aliphatic heterocycles. The number of hydrogen-bond donors (Lipinski definition) is 4. The lowest BCUT2D eigenvalue weighted by atomic mass is 10.1. The van der Waals surface area contributed by atoms with Gasteiger partial charge in [0.15, 0.2) is 23.2 Å². The molecule has 1 aliphatic rings. The van der Waals surface area contributed by atoms with E-state index in [2.05, 4.69) is 20.3 Å². The number of aliphatic hydroxyl groups is 3. The summed E-state index contributed by atoms with van der Waals surface area (Å²) >= 11 is 0. The van der Waals surface area contributed by atoms with Crippen molar-refractivity contribution in [3.63, 3.8) is 0 Å². The Morgan fingerprint density at radius 3 is 2.64 bits per heavy atom. The molecule has 2 unspecified atom stereocenters. The Bertz CT molecular complexity index is 950. The summed E-state index contributed by atoms with van der Waals surface area (Å²) < 4.78 is 12.3. The van der Waals surface area contributed by atoms with Gasteiger partial charge in [-0.1, -0.05) is 30.3 Å². The van der Waals surface area contributed by atoms with Gasteiger partial charge < -0.3 is 30.1 Å². The number of methoxy groups -OCH3 is 1. The standard InChI is InChI=1S/C18H21N5O5/c1-27-18-21-15(19-7-10-5-3-2-4-6-10)12-16(22-18)23(9-20-12)17-14(26)13(25)11(8-24)28-17/h2-6,9,11,13-14,17,24-26H,7-8H2,1H3,(H,19,21,22)/t11-,13?,14+,17?/m1/s1. The number of hydrogen-bond acceptors (Lipinski definition) is 9. The van der Waals surface area contributed by atoms with Crippen molar-refractivity contribution in [3.8, 4) is 6.01 Å². The van der Waals surface area contributed by atoms with Crippen LogP contribution in [0.3, 0.4) is 0 Å². The third kappa shape index (κ3) is 3.27. The second kappa shape index (κ2) is 7.68. The van der Waals surface area contributed by atoms with Crippen LogP contribution in [0.25, 0.3) is 11.2 Å². The smallest absolute Gasteiger partial charge is 0.320 e. The van der Waals surface area contributed by atoms with Crippen LogP contribution < -0.4 is 10.1 Å². The third-order valence-corrected chi connectivity index (χ3v) is 4.68. The van der Waals surface area contributed by atoms with Crippen LogP contribution >= 0.6 is 0 Å². The Morgan fingerprint density at radius 1 is 1.18 bits per heavy atom. The van der Waals surface area contributed by atoms with E-state index >= 15 is 0 Å². The van der Waals surface area contributed by atoms with Crippen molar-refractivity contribution in [2.75, 3.05) is 19.0 Å². The maximum Gasteiger partial charge on any atom is 0.320 e. The second-order valence-corrected chi connectivity index (χ2v) is 6.45. The predicted molar refractivity (Wildman–Crippen MR) is 98.7 cm³/mol. The number of nitrogens with one attached hydrogen (secondary N) is 1. The van der Waals surface area contributed by atoms with Crippen molar-refractivity contribution in [2.45, 2.75) is 31.1 Å². The molecule has 1 fully saturated rings. The molecule has 0 amide bonds. The Labute approximate surface area is 160 Å². The molecule has 3 heterocycles. The van der Waals surface area contributed by atoms with Crippen LogP contribution in [0, 0.1) is 0 Å². The van der Waals surface area contributed by atoms with E-state index in [0.717, 1.165) is 5.56 Å². The second-order valence-electron chi connectivity index (χ2n) is 6.45. The number of ether oxygens (including phenoxy) is 2. The highest BCUT2D eigenvalue weighted by Gasteiger charge is 2.44. The molecule has 4 atom stereocenters.